The maximum Gasteiger partial charge on any atom is 0.294 e. The molecule has 0 atom stereocenters. The van der Waals surface area contributed by atoms with E-state index < -0.39 is 41.7 Å². The molecule has 0 radical (unpaired) electrons. The van der Waals surface area contributed by atoms with Gasteiger partial charge in [0.2, 0.25) is 0 Å². The van der Waals surface area contributed by atoms with Crippen LogP contribution in [0.5, 0.6) is 5.75 Å². The lowest BCUT2D eigenvalue weighted by atomic mass is 10.2. The molecule has 0 aromatic heterocycles. The maximum atomic E-state index is 12.5. The number of hydrogen-bond donors (Lipinski definition) is 0. The van der Waals surface area contributed by atoms with Crippen LogP contribution in [-0.2, 0) is 15.6 Å². The molecule has 0 unspecified atom stereocenters. The molecule has 0 N–H and O–H groups in total. The predicted molar refractivity (Wildman–Crippen MR) is 83.6 cm³/mol. The van der Waals surface area contributed by atoms with Crippen molar-refractivity contribution in [3.05, 3.63) is 68.3 Å². The van der Waals surface area contributed by atoms with Crippen LogP contribution < -0.4 is 4.74 Å². The van der Waals surface area contributed by atoms with Crippen molar-refractivity contribution in [3.8, 4) is 5.75 Å². The van der Waals surface area contributed by atoms with Crippen LogP contribution in [0.3, 0.4) is 0 Å². The van der Waals surface area contributed by atoms with Gasteiger partial charge in [0.25, 0.3) is 11.4 Å². The lowest BCUT2D eigenvalue weighted by molar-refractivity contribution is -0.396. The average Bonchev–Trinajstić information content (AvgIpc) is 2.54. The summed E-state index contributed by atoms with van der Waals surface area (Å²) in [6, 6.07) is 8.78. The lowest BCUT2D eigenvalue weighted by Crippen LogP contribution is -2.09. The van der Waals surface area contributed by atoms with E-state index in [1.165, 1.54) is 13.2 Å². The van der Waals surface area contributed by atoms with E-state index in [1.807, 2.05) is 0 Å². The third-order valence-electron chi connectivity index (χ3n) is 3.22. The summed E-state index contributed by atoms with van der Waals surface area (Å²) in [4.78, 5) is 19.5. The van der Waals surface area contributed by atoms with E-state index in [1.54, 1.807) is 18.2 Å². The van der Waals surface area contributed by atoms with Gasteiger partial charge < -0.3 is 4.74 Å². The summed E-state index contributed by atoms with van der Waals surface area (Å²) < 4.78 is 30.2. The lowest BCUT2D eigenvalue weighted by Gasteiger charge is -2.09. The Morgan fingerprint density at radius 1 is 1.04 bits per heavy atom. The second-order valence-corrected chi connectivity index (χ2v) is 6.70. The first-order valence-corrected chi connectivity index (χ1v) is 8.19. The molecule has 2 aromatic carbocycles. The molecule has 24 heavy (non-hydrogen) atoms. The van der Waals surface area contributed by atoms with Crippen LogP contribution in [-0.4, -0.2) is 25.4 Å². The van der Waals surface area contributed by atoms with Crippen molar-refractivity contribution in [3.63, 3.8) is 0 Å². The number of non-ortho nitro benzene ring substituents is 1. The fraction of sp³-hybridized carbons (Fsp3) is 0.143. The highest BCUT2D eigenvalue weighted by Gasteiger charge is 2.29. The predicted octanol–water partition coefficient (Wildman–Crippen LogP) is 2.49. The number of nitro groups is 2. The van der Waals surface area contributed by atoms with Crippen molar-refractivity contribution < 1.29 is 23.0 Å². The first kappa shape index (κ1) is 17.3. The van der Waals surface area contributed by atoms with Crippen molar-refractivity contribution in [2.75, 3.05) is 7.11 Å². The summed E-state index contributed by atoms with van der Waals surface area (Å²) in [6.07, 6.45) is 0. The molecule has 2 aromatic rings. The van der Waals surface area contributed by atoms with Gasteiger partial charge in [-0.25, -0.2) is 8.42 Å². The quantitative estimate of drug-likeness (QED) is 0.576. The SMILES string of the molecule is COc1ccccc1CS(=O)(=O)c1ccc([N+](=O)[O-])cc1[N+](=O)[O-]. The smallest absolute Gasteiger partial charge is 0.294 e. The molecule has 0 aliphatic heterocycles. The second-order valence-electron chi connectivity index (χ2n) is 4.74. The minimum absolute atomic E-state index is 0.325. The zero-order valence-corrected chi connectivity index (χ0v) is 13.2. The number of hydrogen-bond acceptors (Lipinski definition) is 7. The van der Waals surface area contributed by atoms with Crippen LogP contribution in [0.2, 0.25) is 0 Å². The standard InChI is InChI=1S/C14H12N2O7S/c1-23-13-5-3-2-4-10(13)9-24(21,22)14-7-6-11(15(17)18)8-12(14)16(19)20/h2-8H,9H2,1H3. The minimum Gasteiger partial charge on any atom is -0.496 e. The van der Waals surface area contributed by atoms with E-state index in [9.17, 15) is 28.6 Å². The zero-order valence-electron chi connectivity index (χ0n) is 12.4. The summed E-state index contributed by atoms with van der Waals surface area (Å²) in [5.74, 6) is -0.207. The van der Waals surface area contributed by atoms with Gasteiger partial charge in [0, 0.05) is 11.6 Å². The van der Waals surface area contributed by atoms with Crippen molar-refractivity contribution in [2.45, 2.75) is 10.6 Å². The molecule has 0 heterocycles. The van der Waals surface area contributed by atoms with Gasteiger partial charge in [-0.15, -0.1) is 0 Å². The van der Waals surface area contributed by atoms with Crippen LogP contribution in [0.15, 0.2) is 47.4 Å². The highest BCUT2D eigenvalue weighted by molar-refractivity contribution is 7.90. The molecule has 0 aliphatic rings. The number of sulfone groups is 1. The third kappa shape index (κ3) is 3.49. The third-order valence-corrected chi connectivity index (χ3v) is 4.93. The zero-order chi connectivity index (χ0) is 17.9. The molecule has 0 bridgehead atoms. The number of ether oxygens (including phenoxy) is 1. The summed E-state index contributed by atoms with van der Waals surface area (Å²) in [7, 11) is -2.73. The Labute approximate surface area is 136 Å². The Hall–Kier alpha value is -3.01. The topological polar surface area (TPSA) is 130 Å². The molecule has 0 saturated heterocycles. The van der Waals surface area contributed by atoms with Gasteiger partial charge in [0.1, 0.15) is 10.6 Å². The number of nitro benzene ring substituents is 2. The molecular formula is C14H12N2O7S. The molecule has 0 fully saturated rings. The van der Waals surface area contributed by atoms with Gasteiger partial charge in [-0.1, -0.05) is 18.2 Å². The normalized spacial score (nSPS) is 11.0. The Morgan fingerprint density at radius 2 is 1.71 bits per heavy atom. The molecule has 0 saturated carbocycles. The van der Waals surface area contributed by atoms with Crippen molar-refractivity contribution >= 4 is 21.2 Å². The maximum absolute atomic E-state index is 12.5. The van der Waals surface area contributed by atoms with Crippen LogP contribution >= 0.6 is 0 Å². The number of benzene rings is 2. The van der Waals surface area contributed by atoms with Gasteiger partial charge in [0.15, 0.2) is 9.84 Å². The van der Waals surface area contributed by atoms with Gasteiger partial charge in [-0.2, -0.15) is 0 Å². The summed E-state index contributed by atoms with van der Waals surface area (Å²) in [5, 5.41) is 21.8. The minimum atomic E-state index is -4.11. The van der Waals surface area contributed by atoms with E-state index in [2.05, 4.69) is 0 Å². The van der Waals surface area contributed by atoms with E-state index >= 15 is 0 Å². The number of para-hydroxylation sites is 1. The van der Waals surface area contributed by atoms with Gasteiger partial charge in [0.05, 0.1) is 28.8 Å². The summed E-state index contributed by atoms with van der Waals surface area (Å²) in [5.41, 5.74) is -1.07. The summed E-state index contributed by atoms with van der Waals surface area (Å²) >= 11 is 0. The molecule has 0 spiro atoms. The van der Waals surface area contributed by atoms with Crippen molar-refractivity contribution in [1.29, 1.82) is 0 Å². The Morgan fingerprint density at radius 3 is 2.29 bits per heavy atom. The van der Waals surface area contributed by atoms with Crippen LogP contribution in [0.4, 0.5) is 11.4 Å². The largest absolute Gasteiger partial charge is 0.496 e. The van der Waals surface area contributed by atoms with Crippen LogP contribution in [0.1, 0.15) is 5.56 Å². The van der Waals surface area contributed by atoms with Crippen LogP contribution in [0, 0.1) is 20.2 Å². The molecule has 126 valence electrons. The number of methoxy groups -OCH3 is 1. The van der Waals surface area contributed by atoms with Gasteiger partial charge in [-0.3, -0.25) is 20.2 Å². The number of rotatable bonds is 6. The second kappa shape index (κ2) is 6.62. The van der Waals surface area contributed by atoms with Gasteiger partial charge in [-0.05, 0) is 12.1 Å². The van der Waals surface area contributed by atoms with E-state index in [4.69, 9.17) is 4.74 Å². The first-order chi connectivity index (χ1) is 11.3. The highest BCUT2D eigenvalue weighted by Crippen LogP contribution is 2.31. The average molecular weight is 352 g/mol. The van der Waals surface area contributed by atoms with Crippen LogP contribution in [0.25, 0.3) is 0 Å². The molecule has 10 heteroatoms. The van der Waals surface area contributed by atoms with Crippen molar-refractivity contribution in [2.24, 2.45) is 0 Å². The monoisotopic (exact) mass is 352 g/mol. The fourth-order valence-corrected chi connectivity index (χ4v) is 3.66. The Bertz CT molecular complexity index is 909. The Kier molecular flexibility index (Phi) is 4.79. The Balaban J connectivity index is 2.53. The summed E-state index contributed by atoms with van der Waals surface area (Å²) in [6.45, 7) is 0. The number of nitrogens with zero attached hydrogens (tertiary/aromatic N) is 2. The van der Waals surface area contributed by atoms with E-state index in [0.717, 1.165) is 12.1 Å². The molecular weight excluding hydrogens is 340 g/mol. The van der Waals surface area contributed by atoms with Gasteiger partial charge >= 0.3 is 0 Å². The molecule has 0 aliphatic carbocycles. The molecule has 0 amide bonds. The molecule has 2 rings (SSSR count). The fourth-order valence-electron chi connectivity index (χ4n) is 2.13. The van der Waals surface area contributed by atoms with Crippen molar-refractivity contribution in [1.82, 2.24) is 0 Å². The highest BCUT2D eigenvalue weighted by atomic mass is 32.2. The first-order valence-electron chi connectivity index (χ1n) is 6.53. The van der Waals surface area contributed by atoms with E-state index in [0.29, 0.717) is 17.4 Å². The van der Waals surface area contributed by atoms with E-state index in [-0.39, 0.29) is 0 Å². The molecule has 9 nitrogen and oxygen atoms in total.